The van der Waals surface area contributed by atoms with Gasteiger partial charge in [0.05, 0.1) is 29.2 Å². The third kappa shape index (κ3) is 6.34. The molecule has 1 fully saturated rings. The van der Waals surface area contributed by atoms with Crippen LogP contribution in [0.15, 0.2) is 48.6 Å². The highest BCUT2D eigenvalue weighted by Gasteiger charge is 2.44. The van der Waals surface area contributed by atoms with Crippen molar-refractivity contribution in [2.45, 2.75) is 69.1 Å². The lowest BCUT2D eigenvalue weighted by Gasteiger charge is -2.45. The fraction of sp³-hybridized carbons (Fsp3) is 0.531. The van der Waals surface area contributed by atoms with Crippen molar-refractivity contribution >= 4 is 33.3 Å². The van der Waals surface area contributed by atoms with Crippen molar-refractivity contribution in [2.75, 3.05) is 24.6 Å². The van der Waals surface area contributed by atoms with Crippen molar-refractivity contribution < 1.29 is 28.2 Å². The Hall–Kier alpha value is -2.59. The second kappa shape index (κ2) is 12.2. The molecule has 6 atom stereocenters. The number of allylic oxidation sites excluding steroid dienone is 1. The van der Waals surface area contributed by atoms with E-state index in [0.29, 0.717) is 31.9 Å². The maximum atomic E-state index is 11.9. The van der Waals surface area contributed by atoms with Crippen molar-refractivity contribution in [3.8, 4) is 5.75 Å². The molecule has 2 aliphatic carbocycles. The minimum atomic E-state index is -3.61. The van der Waals surface area contributed by atoms with Crippen LogP contribution in [0.2, 0.25) is 5.02 Å². The molecule has 42 heavy (non-hydrogen) atoms. The Morgan fingerprint density at radius 2 is 2.02 bits per heavy atom. The van der Waals surface area contributed by atoms with Gasteiger partial charge in [0.2, 0.25) is 10.0 Å². The lowest BCUT2D eigenvalue weighted by molar-refractivity contribution is 0.0456. The largest absolute Gasteiger partial charge is 0.490 e. The molecule has 1 saturated carbocycles. The zero-order valence-electron chi connectivity index (χ0n) is 24.2. The molecular formula is C32H41ClN2O6S. The van der Waals surface area contributed by atoms with E-state index in [1.807, 2.05) is 19.1 Å². The number of ether oxygens (including phenoxy) is 1. The number of anilines is 1. The van der Waals surface area contributed by atoms with Crippen LogP contribution in [0.1, 0.15) is 67.4 Å². The molecule has 3 aliphatic rings. The van der Waals surface area contributed by atoms with Crippen LogP contribution in [-0.2, 0) is 21.9 Å². The first kappa shape index (κ1) is 30.9. The second-order valence-corrected chi connectivity index (χ2v) is 14.9. The summed E-state index contributed by atoms with van der Waals surface area (Å²) in [6.45, 7) is 5.28. The fourth-order valence-electron chi connectivity index (χ4n) is 6.89. The maximum absolute atomic E-state index is 11.9. The van der Waals surface area contributed by atoms with Crippen LogP contribution in [0.4, 0.5) is 5.69 Å². The van der Waals surface area contributed by atoms with Crippen LogP contribution >= 0.6 is 11.6 Å². The number of aliphatic hydroxyl groups excluding tert-OH is 1. The zero-order chi connectivity index (χ0) is 30.2. The summed E-state index contributed by atoms with van der Waals surface area (Å²) in [6.07, 6.45) is 8.27. The molecule has 1 unspecified atom stereocenters. The van der Waals surface area contributed by atoms with Gasteiger partial charge in [0.1, 0.15) is 5.75 Å². The standard InChI is InChI=1S/C32H41ClN2O6S/c1-20(21(2)42(34,39)40)5-3-7-29(36)26-11-8-24(26)17-35-18-32(14-4-6-22-15-25(33)10-12-27(22)32)19-41-30-13-9-23(31(37)38)16-28(30)35/h3,7,9-10,12-13,15-16,20-21,24,26,29,36H,4-6,8,11,14,17-19H2,1-2H3,(H,37,38)(H2,34,39,40)/b7-3+/t20-,21+,24+,26-,29+,32?/m1/s1. The first-order valence-electron chi connectivity index (χ1n) is 14.8. The van der Waals surface area contributed by atoms with Gasteiger partial charge in [-0.3, -0.25) is 0 Å². The van der Waals surface area contributed by atoms with E-state index in [9.17, 15) is 23.4 Å². The Morgan fingerprint density at radius 3 is 2.71 bits per heavy atom. The lowest BCUT2D eigenvalue weighted by atomic mass is 9.68. The van der Waals surface area contributed by atoms with E-state index in [1.165, 1.54) is 11.1 Å². The molecule has 2 aromatic carbocycles. The van der Waals surface area contributed by atoms with Crippen LogP contribution in [-0.4, -0.2) is 55.7 Å². The Kier molecular flexibility index (Phi) is 8.95. The van der Waals surface area contributed by atoms with Crippen molar-refractivity contribution in [3.63, 3.8) is 0 Å². The van der Waals surface area contributed by atoms with Gasteiger partial charge in [-0.25, -0.2) is 18.4 Å². The lowest BCUT2D eigenvalue weighted by Crippen LogP contribution is -2.49. The van der Waals surface area contributed by atoms with Gasteiger partial charge in [-0.1, -0.05) is 36.7 Å². The molecular weight excluding hydrogens is 576 g/mol. The van der Waals surface area contributed by atoms with Gasteiger partial charge >= 0.3 is 5.97 Å². The van der Waals surface area contributed by atoms with Gasteiger partial charge in [0.25, 0.3) is 0 Å². The van der Waals surface area contributed by atoms with Gasteiger partial charge in [-0.2, -0.15) is 0 Å². The minimum Gasteiger partial charge on any atom is -0.490 e. The smallest absolute Gasteiger partial charge is 0.335 e. The molecule has 0 saturated heterocycles. The summed E-state index contributed by atoms with van der Waals surface area (Å²) in [4.78, 5) is 14.2. The normalized spacial score (nSPS) is 26.0. The van der Waals surface area contributed by atoms with Gasteiger partial charge in [-0.15, -0.1) is 0 Å². The molecule has 4 N–H and O–H groups in total. The number of aromatic carboxylic acids is 1. The molecule has 1 spiro atoms. The predicted octanol–water partition coefficient (Wildman–Crippen LogP) is 5.16. The minimum absolute atomic E-state index is 0.0518. The van der Waals surface area contributed by atoms with E-state index in [2.05, 4.69) is 17.0 Å². The van der Waals surface area contributed by atoms with E-state index >= 15 is 0 Å². The van der Waals surface area contributed by atoms with Crippen molar-refractivity contribution in [1.29, 1.82) is 0 Å². The Balaban J connectivity index is 1.38. The summed E-state index contributed by atoms with van der Waals surface area (Å²) in [6, 6.07) is 11.2. The zero-order valence-corrected chi connectivity index (χ0v) is 25.8. The average molecular weight is 617 g/mol. The molecule has 10 heteroatoms. The maximum Gasteiger partial charge on any atom is 0.335 e. The topological polar surface area (TPSA) is 130 Å². The van der Waals surface area contributed by atoms with Crippen LogP contribution in [0.3, 0.4) is 0 Å². The molecule has 8 nitrogen and oxygen atoms in total. The summed E-state index contributed by atoms with van der Waals surface area (Å²) in [5.41, 5.74) is 3.20. The molecule has 0 amide bonds. The number of sulfonamides is 1. The van der Waals surface area contributed by atoms with E-state index < -0.39 is 27.3 Å². The van der Waals surface area contributed by atoms with E-state index in [4.69, 9.17) is 21.5 Å². The Labute approximate surface area is 253 Å². The summed E-state index contributed by atoms with van der Waals surface area (Å²) in [7, 11) is -3.61. The number of fused-ring (bicyclic) bond motifs is 3. The molecule has 1 heterocycles. The fourth-order valence-corrected chi connectivity index (χ4v) is 7.85. The van der Waals surface area contributed by atoms with Crippen LogP contribution in [0.25, 0.3) is 0 Å². The van der Waals surface area contributed by atoms with Crippen molar-refractivity contribution in [1.82, 2.24) is 0 Å². The van der Waals surface area contributed by atoms with Gasteiger partial charge < -0.3 is 19.8 Å². The highest BCUT2D eigenvalue weighted by Crippen LogP contribution is 2.46. The number of nitrogens with zero attached hydrogens (tertiary/aromatic N) is 1. The molecule has 5 rings (SSSR count). The van der Waals surface area contributed by atoms with E-state index in [-0.39, 0.29) is 28.7 Å². The quantitative estimate of drug-likeness (QED) is 0.332. The molecule has 2 aromatic rings. The number of carboxylic acid groups (broad SMARTS) is 1. The summed E-state index contributed by atoms with van der Waals surface area (Å²) >= 11 is 6.36. The Bertz CT molecular complexity index is 1460. The number of hydrogen-bond acceptors (Lipinski definition) is 6. The highest BCUT2D eigenvalue weighted by molar-refractivity contribution is 7.89. The Morgan fingerprint density at radius 1 is 1.24 bits per heavy atom. The third-order valence-electron chi connectivity index (χ3n) is 9.81. The second-order valence-electron chi connectivity index (χ2n) is 12.5. The molecule has 228 valence electrons. The number of primary sulfonamides is 1. The van der Waals surface area contributed by atoms with Crippen LogP contribution < -0.4 is 14.8 Å². The van der Waals surface area contributed by atoms with Gasteiger partial charge in [0.15, 0.2) is 0 Å². The SMILES string of the molecule is C[C@H](C/C=C/[C@H](O)[C@@H]1CC[C@H]1CN1CC2(CCCc3cc(Cl)ccc32)COc2ccc(C(=O)O)cc21)[C@H](C)S(N)(=O)=O. The molecule has 0 bridgehead atoms. The van der Waals surface area contributed by atoms with Crippen molar-refractivity contribution in [2.24, 2.45) is 22.9 Å². The highest BCUT2D eigenvalue weighted by atomic mass is 35.5. The van der Waals surface area contributed by atoms with Crippen LogP contribution in [0, 0.1) is 17.8 Å². The summed E-state index contributed by atoms with van der Waals surface area (Å²) in [5, 5.41) is 26.2. The van der Waals surface area contributed by atoms with E-state index in [0.717, 1.165) is 42.8 Å². The average Bonchev–Trinajstić information content (AvgIpc) is 3.07. The number of aliphatic hydroxyl groups is 1. The molecule has 1 aliphatic heterocycles. The van der Waals surface area contributed by atoms with Crippen molar-refractivity contribution in [3.05, 3.63) is 70.3 Å². The van der Waals surface area contributed by atoms with Crippen LogP contribution in [0.5, 0.6) is 5.75 Å². The number of halogens is 1. The first-order valence-corrected chi connectivity index (χ1v) is 16.8. The van der Waals surface area contributed by atoms with E-state index in [1.54, 1.807) is 31.2 Å². The summed E-state index contributed by atoms with van der Waals surface area (Å²) in [5.74, 6) is -0.220. The number of carbonyl (C=O) groups is 1. The molecule has 0 radical (unpaired) electrons. The first-order chi connectivity index (χ1) is 19.9. The number of carboxylic acids is 1. The predicted molar refractivity (Wildman–Crippen MR) is 165 cm³/mol. The number of hydrogen-bond donors (Lipinski definition) is 3. The number of aryl methyl sites for hydroxylation is 1. The van der Waals surface area contributed by atoms with Gasteiger partial charge in [-0.05, 0) is 105 Å². The monoisotopic (exact) mass is 616 g/mol. The number of nitrogens with two attached hydrogens (primary N) is 1. The van der Waals surface area contributed by atoms with Gasteiger partial charge in [0, 0.05) is 23.5 Å². The summed E-state index contributed by atoms with van der Waals surface area (Å²) < 4.78 is 29.8. The molecule has 0 aromatic heterocycles. The number of rotatable bonds is 9. The number of benzene rings is 2. The third-order valence-corrected chi connectivity index (χ3v) is 11.6.